The first-order chi connectivity index (χ1) is 11.2. The molecule has 1 unspecified atom stereocenters. The number of aromatic carboxylic acids is 1. The molecule has 0 aliphatic carbocycles. The number of halogens is 3. The predicted molar refractivity (Wildman–Crippen MR) is 82.0 cm³/mol. The zero-order chi connectivity index (χ0) is 17.9. The Morgan fingerprint density at radius 1 is 1.29 bits per heavy atom. The maximum Gasteiger partial charge on any atom is 0.419 e. The Morgan fingerprint density at radius 3 is 2.58 bits per heavy atom. The maximum atomic E-state index is 13.3. The van der Waals surface area contributed by atoms with Gasteiger partial charge in [-0.3, -0.25) is 4.98 Å². The van der Waals surface area contributed by atoms with Crippen molar-refractivity contribution in [2.75, 3.05) is 0 Å². The van der Waals surface area contributed by atoms with Crippen LogP contribution in [0.25, 0.3) is 11.3 Å². The van der Waals surface area contributed by atoms with Gasteiger partial charge in [0.05, 0.1) is 22.9 Å². The quantitative estimate of drug-likeness (QED) is 0.862. The first kappa shape index (κ1) is 17.8. The van der Waals surface area contributed by atoms with Gasteiger partial charge in [0.15, 0.2) is 0 Å². The van der Waals surface area contributed by atoms with Crippen LogP contribution >= 0.6 is 0 Å². The largest absolute Gasteiger partial charge is 0.490 e. The zero-order valence-corrected chi connectivity index (χ0v) is 13.1. The third-order valence-corrected chi connectivity index (χ3v) is 3.49. The highest BCUT2D eigenvalue weighted by Gasteiger charge is 2.35. The molecule has 7 heteroatoms. The maximum absolute atomic E-state index is 13.3. The van der Waals surface area contributed by atoms with Gasteiger partial charge in [-0.2, -0.15) is 13.2 Å². The number of carboxylic acids is 1. The number of rotatable bonds is 5. The van der Waals surface area contributed by atoms with E-state index in [1.54, 1.807) is 6.92 Å². The molecular formula is C17H16F3NO3. The summed E-state index contributed by atoms with van der Waals surface area (Å²) in [4.78, 5) is 14.9. The lowest BCUT2D eigenvalue weighted by Gasteiger charge is -2.18. The normalized spacial score (nSPS) is 12.7. The minimum Gasteiger partial charge on any atom is -0.490 e. The molecule has 0 radical (unpaired) electrons. The summed E-state index contributed by atoms with van der Waals surface area (Å²) in [5, 5.41) is 8.98. The second-order valence-electron chi connectivity index (χ2n) is 5.28. The van der Waals surface area contributed by atoms with E-state index in [1.807, 2.05) is 6.92 Å². The molecular weight excluding hydrogens is 323 g/mol. The fourth-order valence-corrected chi connectivity index (χ4v) is 2.04. The van der Waals surface area contributed by atoms with E-state index in [2.05, 4.69) is 4.98 Å². The molecule has 2 aromatic rings. The topological polar surface area (TPSA) is 59.4 Å². The Morgan fingerprint density at radius 2 is 2.00 bits per heavy atom. The van der Waals surface area contributed by atoms with Gasteiger partial charge in [-0.15, -0.1) is 0 Å². The van der Waals surface area contributed by atoms with Gasteiger partial charge in [0, 0.05) is 11.8 Å². The minimum absolute atomic E-state index is 0.0477. The molecule has 0 saturated carbocycles. The lowest BCUT2D eigenvalue weighted by molar-refractivity contribution is -0.139. The average molecular weight is 339 g/mol. The Labute approximate surface area is 136 Å². The summed E-state index contributed by atoms with van der Waals surface area (Å²) in [6, 6.07) is 6.09. The second kappa shape index (κ2) is 6.90. The van der Waals surface area contributed by atoms with E-state index in [0.717, 1.165) is 6.07 Å². The van der Waals surface area contributed by atoms with Crippen LogP contribution in [-0.4, -0.2) is 22.2 Å². The molecule has 1 aromatic heterocycles. The van der Waals surface area contributed by atoms with Gasteiger partial charge in [0.1, 0.15) is 5.75 Å². The molecule has 1 aromatic carbocycles. The van der Waals surface area contributed by atoms with E-state index in [-0.39, 0.29) is 28.7 Å². The van der Waals surface area contributed by atoms with Crippen molar-refractivity contribution >= 4 is 5.97 Å². The molecule has 128 valence electrons. The highest BCUT2D eigenvalue weighted by Crippen LogP contribution is 2.39. The number of aromatic nitrogens is 1. The number of carboxylic acid groups (broad SMARTS) is 1. The van der Waals surface area contributed by atoms with E-state index in [4.69, 9.17) is 9.84 Å². The molecule has 2 rings (SSSR count). The number of hydrogen-bond donors (Lipinski definition) is 1. The molecule has 24 heavy (non-hydrogen) atoms. The molecule has 0 spiro atoms. The van der Waals surface area contributed by atoms with Crippen molar-refractivity contribution in [3.63, 3.8) is 0 Å². The first-order valence-corrected chi connectivity index (χ1v) is 7.30. The standard InChI is InChI=1S/C17H16F3NO3/c1-3-10(2)24-15-5-4-11(8-13(15)17(18,19)20)14-9-12(16(22)23)6-7-21-14/h4-10H,3H2,1-2H3,(H,22,23). The SMILES string of the molecule is CCC(C)Oc1ccc(-c2cc(C(=O)O)ccn2)cc1C(F)(F)F. The molecule has 0 bridgehead atoms. The van der Waals surface area contributed by atoms with Crippen LogP contribution in [0.2, 0.25) is 0 Å². The van der Waals surface area contributed by atoms with E-state index >= 15 is 0 Å². The van der Waals surface area contributed by atoms with Crippen molar-refractivity contribution < 1.29 is 27.8 Å². The van der Waals surface area contributed by atoms with Crippen LogP contribution in [-0.2, 0) is 6.18 Å². The van der Waals surface area contributed by atoms with Gasteiger partial charge in [-0.25, -0.2) is 4.79 Å². The van der Waals surface area contributed by atoms with Crippen molar-refractivity contribution in [3.8, 4) is 17.0 Å². The summed E-state index contributed by atoms with van der Waals surface area (Å²) >= 11 is 0. The molecule has 1 atom stereocenters. The van der Waals surface area contributed by atoms with Gasteiger partial charge >= 0.3 is 12.1 Å². The fourth-order valence-electron chi connectivity index (χ4n) is 2.04. The number of ether oxygens (including phenoxy) is 1. The molecule has 0 fully saturated rings. The summed E-state index contributed by atoms with van der Waals surface area (Å²) in [5.74, 6) is -1.43. The van der Waals surface area contributed by atoms with Crippen molar-refractivity contribution in [3.05, 3.63) is 47.7 Å². The number of nitrogens with zero attached hydrogens (tertiary/aromatic N) is 1. The van der Waals surface area contributed by atoms with Crippen LogP contribution in [0.4, 0.5) is 13.2 Å². The molecule has 0 amide bonds. The number of hydrogen-bond acceptors (Lipinski definition) is 3. The molecule has 0 saturated heterocycles. The first-order valence-electron chi connectivity index (χ1n) is 7.30. The minimum atomic E-state index is -4.59. The van der Waals surface area contributed by atoms with Crippen LogP contribution in [0.15, 0.2) is 36.5 Å². The highest BCUT2D eigenvalue weighted by atomic mass is 19.4. The van der Waals surface area contributed by atoms with Crippen molar-refractivity contribution in [2.45, 2.75) is 32.5 Å². The number of carbonyl (C=O) groups is 1. The average Bonchev–Trinajstić information content (AvgIpc) is 2.54. The number of benzene rings is 1. The van der Waals surface area contributed by atoms with Crippen molar-refractivity contribution in [1.82, 2.24) is 4.98 Å². The summed E-state index contributed by atoms with van der Waals surface area (Å²) in [5.41, 5.74) is -0.645. The number of alkyl halides is 3. The van der Waals surface area contributed by atoms with Gasteiger partial charge < -0.3 is 9.84 Å². The van der Waals surface area contributed by atoms with Crippen molar-refractivity contribution in [2.24, 2.45) is 0 Å². The van der Waals surface area contributed by atoms with Crippen LogP contribution in [0, 0.1) is 0 Å². The Kier molecular flexibility index (Phi) is 5.11. The summed E-state index contributed by atoms with van der Waals surface area (Å²) < 4.78 is 45.3. The zero-order valence-electron chi connectivity index (χ0n) is 13.1. The van der Waals surface area contributed by atoms with E-state index in [1.165, 1.54) is 30.5 Å². The molecule has 1 heterocycles. The fraction of sp³-hybridized carbons (Fsp3) is 0.294. The van der Waals surface area contributed by atoms with Gasteiger partial charge in [-0.1, -0.05) is 6.92 Å². The van der Waals surface area contributed by atoms with Crippen LogP contribution < -0.4 is 4.74 Å². The number of pyridine rings is 1. The third-order valence-electron chi connectivity index (χ3n) is 3.49. The van der Waals surface area contributed by atoms with Crippen LogP contribution in [0.5, 0.6) is 5.75 Å². The Hall–Kier alpha value is -2.57. The van der Waals surface area contributed by atoms with Crippen LogP contribution in [0.1, 0.15) is 36.2 Å². The third kappa shape index (κ3) is 4.04. The van der Waals surface area contributed by atoms with Gasteiger partial charge in [-0.05, 0) is 43.7 Å². The summed E-state index contributed by atoms with van der Waals surface area (Å²) in [6.45, 7) is 3.50. The smallest absolute Gasteiger partial charge is 0.419 e. The summed E-state index contributed by atoms with van der Waals surface area (Å²) in [7, 11) is 0. The monoisotopic (exact) mass is 339 g/mol. The van der Waals surface area contributed by atoms with Gasteiger partial charge in [0.25, 0.3) is 0 Å². The molecule has 0 aliphatic rings. The van der Waals surface area contributed by atoms with E-state index < -0.39 is 17.7 Å². The van der Waals surface area contributed by atoms with E-state index in [9.17, 15) is 18.0 Å². The predicted octanol–water partition coefficient (Wildman–Crippen LogP) is 4.64. The molecule has 4 nitrogen and oxygen atoms in total. The lowest BCUT2D eigenvalue weighted by Crippen LogP contribution is -2.15. The lowest BCUT2D eigenvalue weighted by atomic mass is 10.0. The van der Waals surface area contributed by atoms with E-state index in [0.29, 0.717) is 6.42 Å². The Balaban J connectivity index is 2.50. The molecule has 0 aliphatic heterocycles. The second-order valence-corrected chi connectivity index (χ2v) is 5.28. The van der Waals surface area contributed by atoms with Crippen molar-refractivity contribution in [1.29, 1.82) is 0 Å². The van der Waals surface area contributed by atoms with Crippen LogP contribution in [0.3, 0.4) is 0 Å². The highest BCUT2D eigenvalue weighted by molar-refractivity contribution is 5.88. The van der Waals surface area contributed by atoms with Gasteiger partial charge in [0.2, 0.25) is 0 Å². The Bertz CT molecular complexity index is 744. The molecule has 1 N–H and O–H groups in total. The summed E-state index contributed by atoms with van der Waals surface area (Å²) in [6.07, 6.45) is -3.13.